The lowest BCUT2D eigenvalue weighted by molar-refractivity contribution is 0.144. The molecule has 0 rings (SSSR count). The lowest BCUT2D eigenvalue weighted by Gasteiger charge is -2.21. The highest BCUT2D eigenvalue weighted by molar-refractivity contribution is 5.79. The van der Waals surface area contributed by atoms with Gasteiger partial charge in [0.1, 0.15) is 0 Å². The monoisotopic (exact) mass is 328 g/mol. The Balaban J connectivity index is 3.98. The van der Waals surface area contributed by atoms with Crippen LogP contribution in [-0.2, 0) is 4.74 Å². The van der Waals surface area contributed by atoms with Gasteiger partial charge < -0.3 is 20.3 Å². The highest BCUT2D eigenvalue weighted by atomic mass is 16.5. The van der Waals surface area contributed by atoms with Crippen LogP contribution in [0.1, 0.15) is 60.3 Å². The minimum atomic E-state index is 0.451. The van der Waals surface area contributed by atoms with Gasteiger partial charge >= 0.3 is 0 Å². The second kappa shape index (κ2) is 16.1. The first-order valence-corrected chi connectivity index (χ1v) is 9.52. The fourth-order valence-corrected chi connectivity index (χ4v) is 2.44. The van der Waals surface area contributed by atoms with Crippen LogP contribution in [0.5, 0.6) is 0 Å². The lowest BCUT2D eigenvalue weighted by Crippen LogP contribution is -2.42. The molecule has 5 heteroatoms. The van der Waals surface area contributed by atoms with Gasteiger partial charge in [0.25, 0.3) is 0 Å². The van der Waals surface area contributed by atoms with Gasteiger partial charge in [0.2, 0.25) is 0 Å². The summed E-state index contributed by atoms with van der Waals surface area (Å²) in [6.45, 7) is 17.7. The summed E-state index contributed by atoms with van der Waals surface area (Å²) >= 11 is 0. The Morgan fingerprint density at radius 2 is 1.83 bits per heavy atom. The molecule has 0 aromatic heterocycles. The summed E-state index contributed by atoms with van der Waals surface area (Å²) in [5.74, 6) is 0.944. The van der Waals surface area contributed by atoms with Gasteiger partial charge in [0.05, 0.1) is 0 Å². The third-order valence-electron chi connectivity index (χ3n) is 3.90. The standard InChI is InChI=1S/C18H40N4O/c1-6-19-18(20-14-10-11-16-23-9-4)21-17(5)13-12-15-22(7-2)8-3/h17H,6-16H2,1-5H3,(H2,19,20,21). The number of rotatable bonds is 14. The molecule has 2 N–H and O–H groups in total. The first-order valence-electron chi connectivity index (χ1n) is 9.52. The summed E-state index contributed by atoms with van der Waals surface area (Å²) in [7, 11) is 0. The highest BCUT2D eigenvalue weighted by Gasteiger charge is 2.06. The van der Waals surface area contributed by atoms with E-state index in [0.717, 1.165) is 58.2 Å². The van der Waals surface area contributed by atoms with Gasteiger partial charge in [-0.15, -0.1) is 0 Å². The predicted octanol–water partition coefficient (Wildman–Crippen LogP) is 2.87. The van der Waals surface area contributed by atoms with Gasteiger partial charge in [-0.25, -0.2) is 0 Å². The topological polar surface area (TPSA) is 48.9 Å². The molecule has 0 aromatic carbocycles. The Labute approximate surface area is 144 Å². The number of unbranched alkanes of at least 4 members (excludes halogenated alkanes) is 1. The summed E-state index contributed by atoms with van der Waals surface area (Å²) in [5, 5.41) is 6.85. The Kier molecular flexibility index (Phi) is 15.5. The second-order valence-corrected chi connectivity index (χ2v) is 5.88. The molecule has 0 aliphatic carbocycles. The van der Waals surface area contributed by atoms with Gasteiger partial charge in [-0.05, 0) is 66.1 Å². The molecule has 0 spiro atoms. The normalized spacial score (nSPS) is 13.4. The molecule has 0 bridgehead atoms. The SMILES string of the molecule is CCNC(=NCCCCOCC)NC(C)CCCN(CC)CC. The molecule has 0 aliphatic rings. The third-order valence-corrected chi connectivity index (χ3v) is 3.90. The third kappa shape index (κ3) is 13.3. The molecule has 0 saturated carbocycles. The van der Waals surface area contributed by atoms with E-state index < -0.39 is 0 Å². The summed E-state index contributed by atoms with van der Waals surface area (Å²) in [4.78, 5) is 7.13. The van der Waals surface area contributed by atoms with Crippen molar-refractivity contribution >= 4 is 5.96 Å². The zero-order chi connectivity index (χ0) is 17.3. The molecule has 23 heavy (non-hydrogen) atoms. The number of nitrogens with one attached hydrogen (secondary N) is 2. The summed E-state index contributed by atoms with van der Waals surface area (Å²) in [6, 6.07) is 0.451. The number of ether oxygens (including phenoxy) is 1. The van der Waals surface area contributed by atoms with Crippen LogP contribution < -0.4 is 10.6 Å². The molecular formula is C18H40N4O. The molecule has 0 aromatic rings. The largest absolute Gasteiger partial charge is 0.382 e. The first kappa shape index (κ1) is 22.2. The maximum Gasteiger partial charge on any atom is 0.191 e. The molecule has 0 heterocycles. The molecule has 0 fully saturated rings. The van der Waals surface area contributed by atoms with Crippen LogP contribution >= 0.6 is 0 Å². The summed E-state index contributed by atoms with van der Waals surface area (Å²) in [6.07, 6.45) is 4.55. The number of nitrogens with zero attached hydrogens (tertiary/aromatic N) is 2. The molecular weight excluding hydrogens is 288 g/mol. The molecule has 1 unspecified atom stereocenters. The van der Waals surface area contributed by atoms with E-state index in [4.69, 9.17) is 4.74 Å². The molecule has 5 nitrogen and oxygen atoms in total. The predicted molar refractivity (Wildman–Crippen MR) is 101 cm³/mol. The van der Waals surface area contributed by atoms with E-state index in [2.05, 4.69) is 48.2 Å². The van der Waals surface area contributed by atoms with Gasteiger partial charge in [-0.1, -0.05) is 13.8 Å². The smallest absolute Gasteiger partial charge is 0.191 e. The van der Waals surface area contributed by atoms with Gasteiger partial charge in [0, 0.05) is 32.3 Å². The number of hydrogen-bond donors (Lipinski definition) is 2. The van der Waals surface area contributed by atoms with Crippen LogP contribution in [-0.4, -0.2) is 62.8 Å². The molecule has 0 aliphatic heterocycles. The van der Waals surface area contributed by atoms with E-state index in [1.165, 1.54) is 19.4 Å². The van der Waals surface area contributed by atoms with Gasteiger partial charge in [-0.3, -0.25) is 4.99 Å². The zero-order valence-electron chi connectivity index (χ0n) is 16.2. The highest BCUT2D eigenvalue weighted by Crippen LogP contribution is 2.00. The van der Waals surface area contributed by atoms with Crippen molar-refractivity contribution in [3.05, 3.63) is 0 Å². The van der Waals surface area contributed by atoms with Crippen molar-refractivity contribution in [2.24, 2.45) is 4.99 Å². The van der Waals surface area contributed by atoms with Crippen molar-refractivity contribution in [1.29, 1.82) is 0 Å². The number of guanidine groups is 1. The maximum atomic E-state index is 5.35. The zero-order valence-corrected chi connectivity index (χ0v) is 16.2. The molecule has 138 valence electrons. The van der Waals surface area contributed by atoms with E-state index in [-0.39, 0.29) is 0 Å². The van der Waals surface area contributed by atoms with Crippen molar-refractivity contribution in [3.63, 3.8) is 0 Å². The molecule has 1 atom stereocenters. The minimum absolute atomic E-state index is 0.451. The molecule has 0 radical (unpaired) electrons. The Bertz CT molecular complexity index is 280. The van der Waals surface area contributed by atoms with E-state index >= 15 is 0 Å². The molecule has 0 saturated heterocycles. The van der Waals surface area contributed by atoms with E-state index in [9.17, 15) is 0 Å². The minimum Gasteiger partial charge on any atom is -0.382 e. The average molecular weight is 329 g/mol. The van der Waals surface area contributed by atoms with Crippen molar-refractivity contribution < 1.29 is 4.74 Å². The second-order valence-electron chi connectivity index (χ2n) is 5.88. The quantitative estimate of drug-likeness (QED) is 0.292. The van der Waals surface area contributed by atoms with E-state index in [0.29, 0.717) is 6.04 Å². The first-order chi connectivity index (χ1) is 11.2. The van der Waals surface area contributed by atoms with Crippen molar-refractivity contribution in [2.75, 3.05) is 45.9 Å². The number of hydrogen-bond acceptors (Lipinski definition) is 3. The van der Waals surface area contributed by atoms with E-state index in [1.54, 1.807) is 0 Å². The number of aliphatic imine (C=N–C) groups is 1. The summed E-state index contributed by atoms with van der Waals surface area (Å²) < 4.78 is 5.35. The Morgan fingerprint density at radius 1 is 1.09 bits per heavy atom. The van der Waals surface area contributed by atoms with Crippen LogP contribution in [0.2, 0.25) is 0 Å². The Morgan fingerprint density at radius 3 is 2.43 bits per heavy atom. The maximum absolute atomic E-state index is 5.35. The van der Waals surface area contributed by atoms with Crippen molar-refractivity contribution in [3.8, 4) is 0 Å². The van der Waals surface area contributed by atoms with Crippen LogP contribution in [0.4, 0.5) is 0 Å². The van der Waals surface area contributed by atoms with Crippen LogP contribution in [0, 0.1) is 0 Å². The fourth-order valence-electron chi connectivity index (χ4n) is 2.44. The van der Waals surface area contributed by atoms with Crippen molar-refractivity contribution in [1.82, 2.24) is 15.5 Å². The van der Waals surface area contributed by atoms with Crippen LogP contribution in [0.15, 0.2) is 4.99 Å². The van der Waals surface area contributed by atoms with Gasteiger partial charge in [-0.2, -0.15) is 0 Å². The van der Waals surface area contributed by atoms with Gasteiger partial charge in [0.15, 0.2) is 5.96 Å². The van der Waals surface area contributed by atoms with Crippen LogP contribution in [0.25, 0.3) is 0 Å². The van der Waals surface area contributed by atoms with Crippen molar-refractivity contribution in [2.45, 2.75) is 66.3 Å². The lowest BCUT2D eigenvalue weighted by atomic mass is 10.2. The van der Waals surface area contributed by atoms with Crippen LogP contribution in [0.3, 0.4) is 0 Å². The van der Waals surface area contributed by atoms with E-state index in [1.807, 2.05) is 6.92 Å². The Hall–Kier alpha value is -0.810. The average Bonchev–Trinajstić information content (AvgIpc) is 2.55. The molecule has 0 amide bonds. The fraction of sp³-hybridized carbons (Fsp3) is 0.944. The summed E-state index contributed by atoms with van der Waals surface area (Å²) in [5.41, 5.74) is 0.